The summed E-state index contributed by atoms with van der Waals surface area (Å²) in [5.41, 5.74) is 2.05. The van der Waals surface area contributed by atoms with E-state index in [0.717, 1.165) is 22.9 Å². The second-order valence-electron chi connectivity index (χ2n) is 4.97. The molecule has 5 heteroatoms. The summed E-state index contributed by atoms with van der Waals surface area (Å²) in [7, 11) is 0. The third-order valence-electron chi connectivity index (χ3n) is 3.34. The Bertz CT molecular complexity index is 651. The van der Waals surface area contributed by atoms with Crippen molar-refractivity contribution in [1.82, 2.24) is 9.97 Å². The summed E-state index contributed by atoms with van der Waals surface area (Å²) in [6, 6.07) is 7.97. The van der Waals surface area contributed by atoms with Gasteiger partial charge in [-0.2, -0.15) is 0 Å². The molecule has 2 aromatic rings. The number of aromatic nitrogens is 2. The molecule has 0 amide bonds. The van der Waals surface area contributed by atoms with Crippen LogP contribution >= 0.6 is 15.9 Å². The minimum atomic E-state index is -0.943. The van der Waals surface area contributed by atoms with Gasteiger partial charge in [0.15, 0.2) is 0 Å². The van der Waals surface area contributed by atoms with E-state index >= 15 is 0 Å². The van der Waals surface area contributed by atoms with E-state index in [9.17, 15) is 4.79 Å². The van der Waals surface area contributed by atoms with Gasteiger partial charge in [-0.05, 0) is 30.5 Å². The molecule has 0 atom stereocenters. The zero-order valence-corrected chi connectivity index (χ0v) is 12.3. The standard InChI is InChI=1S/C15H13BrN2O2/c16-11-5-1-9(2-6-11)7-13-17-8-12(15(19)20)14(18-13)10-3-4-10/h1-2,5-6,8,10H,3-4,7H2,(H,19,20). The van der Waals surface area contributed by atoms with Crippen LogP contribution in [0.2, 0.25) is 0 Å². The maximum absolute atomic E-state index is 11.2. The van der Waals surface area contributed by atoms with Crippen molar-refractivity contribution in [3.8, 4) is 0 Å². The summed E-state index contributed by atoms with van der Waals surface area (Å²) < 4.78 is 1.03. The van der Waals surface area contributed by atoms with Gasteiger partial charge in [-0.3, -0.25) is 0 Å². The molecule has 1 fully saturated rings. The molecule has 0 bridgehead atoms. The first kappa shape index (κ1) is 13.2. The molecule has 0 aliphatic heterocycles. The lowest BCUT2D eigenvalue weighted by Gasteiger charge is -2.06. The first-order valence-electron chi connectivity index (χ1n) is 6.47. The molecule has 20 heavy (non-hydrogen) atoms. The van der Waals surface area contributed by atoms with Crippen LogP contribution in [0.15, 0.2) is 34.9 Å². The van der Waals surface area contributed by atoms with Crippen LogP contribution in [-0.4, -0.2) is 21.0 Å². The van der Waals surface area contributed by atoms with E-state index in [-0.39, 0.29) is 5.56 Å². The summed E-state index contributed by atoms with van der Waals surface area (Å²) >= 11 is 3.40. The number of nitrogens with zero attached hydrogens (tertiary/aromatic N) is 2. The van der Waals surface area contributed by atoms with Gasteiger partial charge in [-0.1, -0.05) is 28.1 Å². The van der Waals surface area contributed by atoms with Crippen molar-refractivity contribution in [1.29, 1.82) is 0 Å². The van der Waals surface area contributed by atoms with Crippen LogP contribution in [0.5, 0.6) is 0 Å². The van der Waals surface area contributed by atoms with Gasteiger partial charge < -0.3 is 5.11 Å². The Hall–Kier alpha value is -1.75. The van der Waals surface area contributed by atoms with E-state index in [1.165, 1.54) is 6.20 Å². The molecule has 1 aromatic carbocycles. The Morgan fingerprint density at radius 1 is 1.30 bits per heavy atom. The molecular formula is C15H13BrN2O2. The van der Waals surface area contributed by atoms with Crippen molar-refractivity contribution in [2.24, 2.45) is 0 Å². The Balaban J connectivity index is 1.88. The third kappa shape index (κ3) is 2.88. The molecule has 1 aromatic heterocycles. The second kappa shape index (κ2) is 5.32. The highest BCUT2D eigenvalue weighted by atomic mass is 79.9. The van der Waals surface area contributed by atoms with Crippen molar-refractivity contribution in [2.75, 3.05) is 0 Å². The first-order chi connectivity index (χ1) is 9.63. The van der Waals surface area contributed by atoms with E-state index in [2.05, 4.69) is 25.9 Å². The highest BCUT2D eigenvalue weighted by molar-refractivity contribution is 9.10. The van der Waals surface area contributed by atoms with Crippen molar-refractivity contribution >= 4 is 21.9 Å². The maximum atomic E-state index is 11.2. The quantitative estimate of drug-likeness (QED) is 0.931. The van der Waals surface area contributed by atoms with E-state index in [4.69, 9.17) is 5.11 Å². The van der Waals surface area contributed by atoms with Crippen LogP contribution in [-0.2, 0) is 6.42 Å². The summed E-state index contributed by atoms with van der Waals surface area (Å²) in [5.74, 6) is 0.0362. The van der Waals surface area contributed by atoms with Gasteiger partial charge in [-0.25, -0.2) is 14.8 Å². The highest BCUT2D eigenvalue weighted by Gasteiger charge is 2.30. The SMILES string of the molecule is O=C(O)c1cnc(Cc2ccc(Br)cc2)nc1C1CC1. The molecule has 1 aliphatic rings. The van der Waals surface area contributed by atoms with Gasteiger partial charge >= 0.3 is 5.97 Å². The van der Waals surface area contributed by atoms with E-state index in [1.807, 2.05) is 24.3 Å². The van der Waals surface area contributed by atoms with Gasteiger partial charge in [0.1, 0.15) is 5.82 Å². The number of aromatic carboxylic acids is 1. The molecule has 0 unspecified atom stereocenters. The monoisotopic (exact) mass is 332 g/mol. The van der Waals surface area contributed by atoms with Gasteiger partial charge in [0, 0.05) is 23.0 Å². The lowest BCUT2D eigenvalue weighted by atomic mass is 10.1. The molecule has 0 spiro atoms. The molecule has 0 radical (unpaired) electrons. The van der Waals surface area contributed by atoms with Crippen LogP contribution in [0, 0.1) is 0 Å². The average molecular weight is 333 g/mol. The molecule has 4 nitrogen and oxygen atoms in total. The van der Waals surface area contributed by atoms with Gasteiger partial charge in [-0.15, -0.1) is 0 Å². The maximum Gasteiger partial charge on any atom is 0.339 e. The van der Waals surface area contributed by atoms with Crippen LogP contribution in [0.25, 0.3) is 0 Å². The smallest absolute Gasteiger partial charge is 0.339 e. The first-order valence-corrected chi connectivity index (χ1v) is 7.26. The number of benzene rings is 1. The fourth-order valence-corrected chi connectivity index (χ4v) is 2.40. The predicted molar refractivity (Wildman–Crippen MR) is 77.9 cm³/mol. The van der Waals surface area contributed by atoms with Crippen molar-refractivity contribution in [3.05, 3.63) is 57.6 Å². The molecule has 102 valence electrons. The third-order valence-corrected chi connectivity index (χ3v) is 3.87. The topological polar surface area (TPSA) is 63.1 Å². The van der Waals surface area contributed by atoms with Crippen molar-refractivity contribution in [3.63, 3.8) is 0 Å². The van der Waals surface area contributed by atoms with Crippen LogP contribution < -0.4 is 0 Å². The summed E-state index contributed by atoms with van der Waals surface area (Å²) in [5, 5.41) is 9.17. The fraction of sp³-hybridized carbons (Fsp3) is 0.267. The molecule has 1 N–H and O–H groups in total. The number of carboxylic acid groups (broad SMARTS) is 1. The van der Waals surface area contributed by atoms with Crippen molar-refractivity contribution in [2.45, 2.75) is 25.2 Å². The number of hydrogen-bond acceptors (Lipinski definition) is 3. The highest BCUT2D eigenvalue weighted by Crippen LogP contribution is 2.40. The number of carbonyl (C=O) groups is 1. The number of hydrogen-bond donors (Lipinski definition) is 1. The minimum absolute atomic E-state index is 0.243. The summed E-state index contributed by atoms with van der Waals surface area (Å²) in [6.07, 6.45) is 4.11. The summed E-state index contributed by atoms with van der Waals surface area (Å²) in [6.45, 7) is 0. The van der Waals surface area contributed by atoms with Gasteiger partial charge in [0.2, 0.25) is 0 Å². The molecule has 3 rings (SSSR count). The lowest BCUT2D eigenvalue weighted by molar-refractivity contribution is 0.0694. The van der Waals surface area contributed by atoms with Gasteiger partial charge in [0.05, 0.1) is 11.3 Å². The number of halogens is 1. The Morgan fingerprint density at radius 3 is 2.60 bits per heavy atom. The lowest BCUT2D eigenvalue weighted by Crippen LogP contribution is -2.08. The average Bonchev–Trinajstić information content (AvgIpc) is 3.25. The number of carboxylic acids is 1. The van der Waals surface area contributed by atoms with Crippen LogP contribution in [0.4, 0.5) is 0 Å². The Morgan fingerprint density at radius 2 is 2.00 bits per heavy atom. The van der Waals surface area contributed by atoms with E-state index in [1.54, 1.807) is 0 Å². The molecule has 1 saturated carbocycles. The Kier molecular flexibility index (Phi) is 3.53. The fourth-order valence-electron chi connectivity index (χ4n) is 2.14. The van der Waals surface area contributed by atoms with Crippen molar-refractivity contribution < 1.29 is 9.90 Å². The zero-order valence-electron chi connectivity index (χ0n) is 10.7. The van der Waals surface area contributed by atoms with Gasteiger partial charge in [0.25, 0.3) is 0 Å². The summed E-state index contributed by atoms with van der Waals surface area (Å²) in [4.78, 5) is 19.8. The van der Waals surface area contributed by atoms with Crippen LogP contribution in [0.1, 0.15) is 46.2 Å². The molecular weight excluding hydrogens is 320 g/mol. The number of rotatable bonds is 4. The minimum Gasteiger partial charge on any atom is -0.478 e. The van der Waals surface area contributed by atoms with E-state index < -0.39 is 5.97 Å². The molecule has 1 heterocycles. The Labute approximate surface area is 125 Å². The second-order valence-corrected chi connectivity index (χ2v) is 5.88. The normalized spacial score (nSPS) is 14.2. The predicted octanol–water partition coefficient (Wildman–Crippen LogP) is 3.41. The van der Waals surface area contributed by atoms with E-state index in [0.29, 0.717) is 23.9 Å². The molecule has 1 aliphatic carbocycles. The zero-order chi connectivity index (χ0) is 14.1. The van der Waals surface area contributed by atoms with Crippen LogP contribution in [0.3, 0.4) is 0 Å². The molecule has 0 saturated heterocycles. The largest absolute Gasteiger partial charge is 0.478 e.